The lowest BCUT2D eigenvalue weighted by Crippen LogP contribution is -2.61. The summed E-state index contributed by atoms with van der Waals surface area (Å²) in [5.74, 6) is 0. The third-order valence-electron chi connectivity index (χ3n) is 32.2. The number of hydrogen-bond donors (Lipinski definition) is 0. The normalized spacial score (nSPS) is 13.8. The van der Waals surface area contributed by atoms with E-state index in [4.69, 9.17) is 0 Å². The summed E-state index contributed by atoms with van der Waals surface area (Å²) in [4.78, 5) is 5.55. The zero-order valence-electron chi connectivity index (χ0n) is 79.3. The van der Waals surface area contributed by atoms with Crippen LogP contribution >= 0.6 is 0 Å². The van der Waals surface area contributed by atoms with E-state index in [0.717, 1.165) is 134 Å². The molecule has 2 aliphatic heterocycles. The van der Waals surface area contributed by atoms with E-state index in [1.807, 2.05) is 0 Å². The minimum absolute atomic E-state index is 0.151. The van der Waals surface area contributed by atoms with Crippen LogP contribution in [0.3, 0.4) is 0 Å². The summed E-state index contributed by atoms with van der Waals surface area (Å²) in [6.07, 6.45) is 0. The Hall–Kier alpha value is -17.1. The molecule has 5 heteroatoms. The van der Waals surface area contributed by atoms with Gasteiger partial charge in [0.1, 0.15) is 0 Å². The van der Waals surface area contributed by atoms with Gasteiger partial charge in [-0.3, -0.25) is 0 Å². The fourth-order valence-electron chi connectivity index (χ4n) is 26.0. The lowest BCUT2D eigenvalue weighted by atomic mass is 9.33. The first-order chi connectivity index (χ1) is 69.2. The van der Waals surface area contributed by atoms with Crippen molar-refractivity contribution >= 4 is 101 Å². The number of para-hydroxylation sites is 1. The maximum atomic E-state index is 2.78. The molecule has 141 heavy (non-hydrogen) atoms. The van der Waals surface area contributed by atoms with Crippen molar-refractivity contribution < 1.29 is 0 Å². The molecule has 6 aliphatic rings. The van der Waals surface area contributed by atoms with Crippen LogP contribution in [-0.4, -0.2) is 15.8 Å². The number of anilines is 6. The van der Waals surface area contributed by atoms with Crippen molar-refractivity contribution in [3.05, 3.63) is 523 Å². The highest BCUT2D eigenvalue weighted by molar-refractivity contribution is 7.00. The van der Waals surface area contributed by atoms with Crippen LogP contribution in [0.25, 0.3) is 166 Å². The molecule has 2 spiro atoms. The number of hydrogen-bond acceptors (Lipinski definition) is 2. The zero-order valence-corrected chi connectivity index (χ0v) is 79.3. The molecule has 0 bridgehead atoms. The van der Waals surface area contributed by atoms with Gasteiger partial charge in [0.15, 0.2) is 0 Å². The van der Waals surface area contributed by atoms with E-state index >= 15 is 0 Å². The molecule has 0 saturated heterocycles. The molecule has 662 valence electrons. The van der Waals surface area contributed by atoms with Gasteiger partial charge in [-0.1, -0.05) is 406 Å². The van der Waals surface area contributed by atoms with Crippen molar-refractivity contribution in [1.82, 2.24) is 9.13 Å². The van der Waals surface area contributed by atoms with E-state index in [1.54, 1.807) is 0 Å². The predicted octanol–water partition coefficient (Wildman–Crippen LogP) is 33.2. The fourth-order valence-corrected chi connectivity index (χ4v) is 26.0. The summed E-state index contributed by atoms with van der Waals surface area (Å²) >= 11 is 0. The summed E-state index contributed by atoms with van der Waals surface area (Å²) in [6.45, 7) is 14.0. The Labute approximate surface area is 822 Å². The van der Waals surface area contributed by atoms with Gasteiger partial charge in [0.2, 0.25) is 0 Å². The largest absolute Gasteiger partial charge is 0.310 e. The van der Waals surface area contributed by atoms with E-state index in [2.05, 4.69) is 528 Å². The fraction of sp³-hybridized carbons (Fsp3) is 0.0735. The Morgan fingerprint density at radius 3 is 0.844 bits per heavy atom. The number of nitrogens with zero attached hydrogens (tertiary/aromatic N) is 4. The third kappa shape index (κ3) is 11.5. The molecular weight excluding hydrogens is 1700 g/mol. The zero-order chi connectivity index (χ0) is 93.6. The molecule has 23 aromatic rings. The Bertz CT molecular complexity index is 9040. The van der Waals surface area contributed by atoms with Crippen molar-refractivity contribution in [3.63, 3.8) is 0 Å². The molecule has 4 heterocycles. The molecule has 4 nitrogen and oxygen atoms in total. The van der Waals surface area contributed by atoms with Crippen LogP contribution in [0.15, 0.2) is 467 Å². The second kappa shape index (κ2) is 30.2. The first-order valence-electron chi connectivity index (χ1n) is 49.8. The molecule has 21 aromatic carbocycles. The minimum Gasteiger partial charge on any atom is -0.310 e. The average Bonchev–Trinajstić information content (AvgIpc) is 1.52. The van der Waals surface area contributed by atoms with E-state index in [1.165, 1.54) is 138 Å². The Morgan fingerprint density at radius 2 is 0.489 bits per heavy atom. The van der Waals surface area contributed by atoms with Gasteiger partial charge in [-0.05, 0) is 275 Å². The van der Waals surface area contributed by atoms with Crippen LogP contribution in [0.2, 0.25) is 0 Å². The van der Waals surface area contributed by atoms with E-state index < -0.39 is 16.2 Å². The van der Waals surface area contributed by atoms with Gasteiger partial charge in [-0.25, -0.2) is 0 Å². The monoisotopic (exact) mass is 1790 g/mol. The predicted molar refractivity (Wildman–Crippen MR) is 592 cm³/mol. The summed E-state index contributed by atoms with van der Waals surface area (Å²) in [5, 5.41) is 4.86. The van der Waals surface area contributed by atoms with Crippen LogP contribution in [0.1, 0.15) is 97.2 Å². The van der Waals surface area contributed by atoms with Crippen LogP contribution in [-0.2, 0) is 21.7 Å². The van der Waals surface area contributed by atoms with Gasteiger partial charge in [-0.2, -0.15) is 0 Å². The number of fused-ring (bicyclic) bond motifs is 30. The molecule has 2 aromatic heterocycles. The molecule has 0 unspecified atom stereocenters. The maximum absolute atomic E-state index is 2.78. The number of aromatic nitrogens is 2. The van der Waals surface area contributed by atoms with Crippen LogP contribution in [0, 0.1) is 0 Å². The maximum Gasteiger partial charge on any atom is 0.252 e. The quantitative estimate of drug-likeness (QED) is 0.127. The summed E-state index contributed by atoms with van der Waals surface area (Å²) in [5.41, 5.74) is 52.0. The summed E-state index contributed by atoms with van der Waals surface area (Å²) in [7, 11) is 0. The van der Waals surface area contributed by atoms with Crippen molar-refractivity contribution in [3.8, 4) is 123 Å². The van der Waals surface area contributed by atoms with Crippen molar-refractivity contribution in [2.45, 2.75) is 63.2 Å². The average molecular weight is 1800 g/mol. The molecule has 0 atom stereocenters. The Balaban J connectivity index is 0.767. The SMILES string of the molecule is CC(C)(C)c1cc2c3c(c1)N(c1c(-c4ccccc4)cc(-c4ccccc4)cc1-c1ccccc1)c1cc(-n4c5ccc(C(C)(C)C)cc5c5cc6c(cc54)C4(c5ccccc5-c5ccccc54)c4ccccc4-6)ccc1B3c1ccc(-n3c4ccccc4c4cc5c(cc43)C3(c4ccccc4-c4ccccc43)c3ccccc3-5)cc1N2c1c(-c2ccccc2)cc(-c2ccccc2)cc1-c1ccccc1. The first-order valence-corrected chi connectivity index (χ1v) is 49.8. The van der Waals surface area contributed by atoms with E-state index in [0.29, 0.717) is 0 Å². The summed E-state index contributed by atoms with van der Waals surface area (Å²) < 4.78 is 5.28. The summed E-state index contributed by atoms with van der Waals surface area (Å²) in [6, 6.07) is 180. The third-order valence-corrected chi connectivity index (χ3v) is 32.2. The molecule has 0 fully saturated rings. The lowest BCUT2D eigenvalue weighted by molar-refractivity contribution is 0.590. The Morgan fingerprint density at radius 1 is 0.191 bits per heavy atom. The van der Waals surface area contributed by atoms with Crippen molar-refractivity contribution in [1.29, 1.82) is 0 Å². The molecule has 0 saturated carbocycles. The van der Waals surface area contributed by atoms with E-state index in [-0.39, 0.29) is 12.1 Å². The lowest BCUT2D eigenvalue weighted by Gasteiger charge is -2.46. The standard InChI is InChI=1S/C136H95BN4/c1-133(2,3)92-65-70-123-109(75-92)111-81-108-101-56-30-37-63-117(101)136(114-60-34-27-53-98(114)99-54-28-35-61-115(99)136)119(108)83-125(111)139(123)95-67-69-121-127(79-95)141(132-105(88-47-21-11-22-48-88)73-91(85-41-15-8-16-42-85)74-106(132)89-49-23-12-24-50-89)129-77-93(134(4,5)6)76-128-130(129)137(121)120-68-66-94(78-126(120)140(128)131-103(86-43-17-9-18-44-86)71-90(84-39-13-7-14-40-84)72-104(131)87-45-19-10-20-46-87)138-122-64-38-31-57-102(122)110-80-107-100-55-29-36-62-116(100)135(118(107)82-124(110)138)112-58-32-25-51-96(112)97-52-26-33-59-113(97)135/h7-83H,1-6H3. The highest BCUT2D eigenvalue weighted by Crippen LogP contribution is 2.67. The molecule has 0 N–H and O–H groups in total. The van der Waals surface area contributed by atoms with Gasteiger partial charge >= 0.3 is 0 Å². The Kier molecular flexibility index (Phi) is 17.4. The van der Waals surface area contributed by atoms with Crippen LogP contribution < -0.4 is 26.2 Å². The van der Waals surface area contributed by atoms with Gasteiger partial charge in [0.05, 0.1) is 44.3 Å². The second-order valence-corrected chi connectivity index (χ2v) is 41.6. The van der Waals surface area contributed by atoms with Crippen molar-refractivity contribution in [2.75, 3.05) is 9.80 Å². The van der Waals surface area contributed by atoms with Crippen molar-refractivity contribution in [2.24, 2.45) is 0 Å². The molecular formula is C136H95BN4. The number of benzene rings is 21. The molecule has 29 rings (SSSR count). The molecule has 0 radical (unpaired) electrons. The van der Waals surface area contributed by atoms with Crippen LogP contribution in [0.5, 0.6) is 0 Å². The topological polar surface area (TPSA) is 16.3 Å². The molecule has 0 amide bonds. The second-order valence-electron chi connectivity index (χ2n) is 41.6. The van der Waals surface area contributed by atoms with E-state index in [9.17, 15) is 0 Å². The smallest absolute Gasteiger partial charge is 0.252 e. The first kappa shape index (κ1) is 81.1. The number of rotatable bonds is 10. The highest BCUT2D eigenvalue weighted by Gasteiger charge is 2.55. The highest BCUT2D eigenvalue weighted by atomic mass is 15.2. The van der Waals surface area contributed by atoms with Gasteiger partial charge in [0.25, 0.3) is 6.71 Å². The van der Waals surface area contributed by atoms with Gasteiger partial charge in [-0.15, -0.1) is 0 Å². The molecule has 4 aliphatic carbocycles. The van der Waals surface area contributed by atoms with Gasteiger partial charge < -0.3 is 18.9 Å². The minimum atomic E-state index is -0.598. The van der Waals surface area contributed by atoms with Crippen LogP contribution in [0.4, 0.5) is 34.1 Å². The van der Waals surface area contributed by atoms with Gasteiger partial charge in [0, 0.05) is 77.9 Å².